The molecule has 2 rings (SSSR count). The zero-order chi connectivity index (χ0) is 13.5. The van der Waals surface area contributed by atoms with Gasteiger partial charge in [-0.25, -0.2) is 0 Å². The Balaban J connectivity index is 1.85. The zero-order valence-electron chi connectivity index (χ0n) is 11.6. The molecule has 0 saturated carbocycles. The Bertz CT molecular complexity index is 346. The van der Waals surface area contributed by atoms with Crippen LogP contribution in [0.1, 0.15) is 44.3 Å². The van der Waals surface area contributed by atoms with Crippen LogP contribution in [0.25, 0.3) is 0 Å². The third-order valence-electron chi connectivity index (χ3n) is 3.67. The van der Waals surface area contributed by atoms with Crippen LogP contribution in [0.3, 0.4) is 0 Å². The van der Waals surface area contributed by atoms with Crippen molar-refractivity contribution in [2.75, 3.05) is 13.2 Å². The van der Waals surface area contributed by atoms with Crippen molar-refractivity contribution in [2.45, 2.75) is 50.9 Å². The van der Waals surface area contributed by atoms with Gasteiger partial charge in [0.1, 0.15) is 6.10 Å². The second kappa shape index (κ2) is 7.63. The molecule has 3 atom stereocenters. The van der Waals surface area contributed by atoms with Gasteiger partial charge in [-0.15, -0.1) is 0 Å². The van der Waals surface area contributed by atoms with Crippen LogP contribution in [0.4, 0.5) is 0 Å². The fraction of sp³-hybridized carbons (Fsp3) is 0.625. The minimum absolute atomic E-state index is 0.159. The second-order valence-corrected chi connectivity index (χ2v) is 5.12. The van der Waals surface area contributed by atoms with Gasteiger partial charge in [0, 0.05) is 6.61 Å². The van der Waals surface area contributed by atoms with Gasteiger partial charge in [-0.3, -0.25) is 0 Å². The summed E-state index contributed by atoms with van der Waals surface area (Å²) in [5.74, 6) is 0. The molecule has 1 aliphatic heterocycles. The summed E-state index contributed by atoms with van der Waals surface area (Å²) >= 11 is 0. The largest absolute Gasteiger partial charge is 0.386 e. The van der Waals surface area contributed by atoms with Gasteiger partial charge in [-0.2, -0.15) is 0 Å². The molecule has 1 aromatic rings. The van der Waals surface area contributed by atoms with Crippen molar-refractivity contribution in [2.24, 2.45) is 0 Å². The minimum atomic E-state index is -0.560. The zero-order valence-corrected chi connectivity index (χ0v) is 11.6. The Morgan fingerprint density at radius 1 is 1.32 bits per heavy atom. The van der Waals surface area contributed by atoms with E-state index in [2.05, 4.69) is 0 Å². The van der Waals surface area contributed by atoms with Crippen molar-refractivity contribution in [3.05, 3.63) is 35.9 Å². The standard InChI is InChI=1S/C16H24O3/c1-2-15(16(17)13-8-4-3-5-9-13)19-12-14-10-6-7-11-18-14/h3-5,8-9,14-17H,2,6-7,10-12H2,1H3. The molecule has 0 amide bonds. The molecule has 1 aliphatic rings. The van der Waals surface area contributed by atoms with Gasteiger partial charge in [0.15, 0.2) is 0 Å². The van der Waals surface area contributed by atoms with Crippen LogP contribution in [-0.2, 0) is 9.47 Å². The first-order valence-corrected chi connectivity index (χ1v) is 7.27. The molecule has 1 saturated heterocycles. The van der Waals surface area contributed by atoms with Gasteiger partial charge >= 0.3 is 0 Å². The van der Waals surface area contributed by atoms with Crippen LogP contribution < -0.4 is 0 Å². The second-order valence-electron chi connectivity index (χ2n) is 5.12. The quantitative estimate of drug-likeness (QED) is 0.858. The third kappa shape index (κ3) is 4.30. The summed E-state index contributed by atoms with van der Waals surface area (Å²) < 4.78 is 11.5. The van der Waals surface area contributed by atoms with Crippen molar-refractivity contribution in [1.82, 2.24) is 0 Å². The van der Waals surface area contributed by atoms with Crippen LogP contribution in [0.5, 0.6) is 0 Å². The summed E-state index contributed by atoms with van der Waals surface area (Å²) in [6.45, 7) is 3.47. The van der Waals surface area contributed by atoms with Crippen molar-refractivity contribution < 1.29 is 14.6 Å². The Labute approximate surface area is 115 Å². The molecule has 19 heavy (non-hydrogen) atoms. The molecule has 3 nitrogen and oxygen atoms in total. The van der Waals surface area contributed by atoms with E-state index in [1.165, 1.54) is 6.42 Å². The van der Waals surface area contributed by atoms with Crippen molar-refractivity contribution in [3.63, 3.8) is 0 Å². The lowest BCUT2D eigenvalue weighted by Gasteiger charge is -2.27. The summed E-state index contributed by atoms with van der Waals surface area (Å²) in [6, 6.07) is 9.71. The molecule has 3 unspecified atom stereocenters. The summed E-state index contributed by atoms with van der Waals surface area (Å²) in [5.41, 5.74) is 0.916. The first-order chi connectivity index (χ1) is 9.31. The lowest BCUT2D eigenvalue weighted by Crippen LogP contribution is -2.30. The van der Waals surface area contributed by atoms with Crippen LogP contribution in [0, 0.1) is 0 Å². The highest BCUT2D eigenvalue weighted by Gasteiger charge is 2.22. The molecule has 1 aromatic carbocycles. The Morgan fingerprint density at radius 3 is 2.74 bits per heavy atom. The van der Waals surface area contributed by atoms with E-state index < -0.39 is 6.10 Å². The van der Waals surface area contributed by atoms with E-state index in [9.17, 15) is 5.11 Å². The monoisotopic (exact) mass is 264 g/mol. The number of hydrogen-bond acceptors (Lipinski definition) is 3. The molecule has 106 valence electrons. The highest BCUT2D eigenvalue weighted by Crippen LogP contribution is 2.22. The summed E-state index contributed by atoms with van der Waals surface area (Å²) in [4.78, 5) is 0. The average Bonchev–Trinajstić information content (AvgIpc) is 2.49. The Kier molecular flexibility index (Phi) is 5.83. The molecule has 1 N–H and O–H groups in total. The maximum absolute atomic E-state index is 10.3. The number of ether oxygens (including phenoxy) is 2. The fourth-order valence-corrected chi connectivity index (χ4v) is 2.47. The van der Waals surface area contributed by atoms with Crippen LogP contribution in [0.15, 0.2) is 30.3 Å². The number of aliphatic hydroxyl groups is 1. The van der Waals surface area contributed by atoms with Crippen molar-refractivity contribution in [1.29, 1.82) is 0 Å². The van der Waals surface area contributed by atoms with Gasteiger partial charge in [0.2, 0.25) is 0 Å². The molecule has 0 aliphatic carbocycles. The molecule has 0 bridgehead atoms. The molecule has 0 aromatic heterocycles. The van der Waals surface area contributed by atoms with Gasteiger partial charge in [-0.1, -0.05) is 37.3 Å². The van der Waals surface area contributed by atoms with E-state index in [-0.39, 0.29) is 12.2 Å². The maximum atomic E-state index is 10.3. The maximum Gasteiger partial charge on any atom is 0.105 e. The van der Waals surface area contributed by atoms with Crippen molar-refractivity contribution >= 4 is 0 Å². The smallest absolute Gasteiger partial charge is 0.105 e. The predicted octanol–water partition coefficient (Wildman–Crippen LogP) is 3.08. The van der Waals surface area contributed by atoms with Gasteiger partial charge in [0.05, 0.1) is 18.8 Å². The van der Waals surface area contributed by atoms with Gasteiger partial charge in [-0.05, 0) is 31.2 Å². The highest BCUT2D eigenvalue weighted by atomic mass is 16.5. The van der Waals surface area contributed by atoms with Gasteiger partial charge in [0.25, 0.3) is 0 Å². The highest BCUT2D eigenvalue weighted by molar-refractivity contribution is 5.18. The molecular weight excluding hydrogens is 240 g/mol. The SMILES string of the molecule is CCC(OCC1CCCCO1)C(O)c1ccccc1. The van der Waals surface area contributed by atoms with Crippen LogP contribution >= 0.6 is 0 Å². The molecule has 3 heteroatoms. The third-order valence-corrected chi connectivity index (χ3v) is 3.67. The normalized spacial score (nSPS) is 22.9. The lowest BCUT2D eigenvalue weighted by atomic mass is 10.0. The Morgan fingerprint density at radius 2 is 2.11 bits per heavy atom. The predicted molar refractivity (Wildman–Crippen MR) is 75.0 cm³/mol. The van der Waals surface area contributed by atoms with Crippen LogP contribution in [0.2, 0.25) is 0 Å². The molecule has 1 heterocycles. The topological polar surface area (TPSA) is 38.7 Å². The van der Waals surface area contributed by atoms with Gasteiger partial charge < -0.3 is 14.6 Å². The fourth-order valence-electron chi connectivity index (χ4n) is 2.47. The number of benzene rings is 1. The summed E-state index contributed by atoms with van der Waals surface area (Å²) in [5, 5.41) is 10.3. The van der Waals surface area contributed by atoms with E-state index in [1.54, 1.807) is 0 Å². The lowest BCUT2D eigenvalue weighted by molar-refractivity contribution is -0.0956. The summed E-state index contributed by atoms with van der Waals surface area (Å²) in [7, 11) is 0. The molecular formula is C16H24O3. The first kappa shape index (κ1) is 14.5. The van der Waals surface area contributed by atoms with E-state index in [1.807, 2.05) is 37.3 Å². The van der Waals surface area contributed by atoms with E-state index in [0.29, 0.717) is 6.61 Å². The first-order valence-electron chi connectivity index (χ1n) is 7.27. The van der Waals surface area contributed by atoms with Crippen LogP contribution in [-0.4, -0.2) is 30.5 Å². The molecule has 1 fully saturated rings. The molecule has 0 spiro atoms. The summed E-state index contributed by atoms with van der Waals surface area (Å²) in [6.07, 6.45) is 3.71. The number of hydrogen-bond donors (Lipinski definition) is 1. The number of rotatable bonds is 6. The van der Waals surface area contributed by atoms with E-state index in [4.69, 9.17) is 9.47 Å². The van der Waals surface area contributed by atoms with E-state index in [0.717, 1.165) is 31.4 Å². The average molecular weight is 264 g/mol. The molecule has 0 radical (unpaired) electrons. The van der Waals surface area contributed by atoms with Crippen molar-refractivity contribution in [3.8, 4) is 0 Å². The minimum Gasteiger partial charge on any atom is -0.386 e. The van der Waals surface area contributed by atoms with E-state index >= 15 is 0 Å². The number of aliphatic hydroxyl groups excluding tert-OH is 1. The Hall–Kier alpha value is -0.900.